The van der Waals surface area contributed by atoms with E-state index in [1.165, 1.54) is 12.1 Å². The molecule has 0 aliphatic rings. The molecule has 0 radical (unpaired) electrons. The predicted octanol–water partition coefficient (Wildman–Crippen LogP) is 4.22. The van der Waals surface area contributed by atoms with Gasteiger partial charge in [-0.1, -0.05) is 30.3 Å². The van der Waals surface area contributed by atoms with Gasteiger partial charge in [0.15, 0.2) is 0 Å². The molecule has 0 spiro atoms. The molecule has 0 aliphatic carbocycles. The minimum absolute atomic E-state index is 0.169. The summed E-state index contributed by atoms with van der Waals surface area (Å²) >= 11 is 0. The van der Waals surface area contributed by atoms with Crippen LogP contribution in [0, 0.1) is 0 Å². The Balaban J connectivity index is 1.58. The van der Waals surface area contributed by atoms with Crippen LogP contribution in [0.2, 0.25) is 0 Å². The van der Waals surface area contributed by atoms with Crippen molar-refractivity contribution >= 4 is 17.6 Å². The first-order valence-electron chi connectivity index (χ1n) is 8.03. The summed E-state index contributed by atoms with van der Waals surface area (Å²) in [5.41, 5.74) is 2.26. The van der Waals surface area contributed by atoms with E-state index < -0.39 is 5.97 Å². The van der Waals surface area contributed by atoms with Crippen molar-refractivity contribution in [1.29, 1.82) is 0 Å². The first kappa shape index (κ1) is 17.2. The number of carbonyl (C=O) groups excluding carboxylic acids is 1. The predicted molar refractivity (Wildman–Crippen MR) is 98.6 cm³/mol. The van der Waals surface area contributed by atoms with Crippen LogP contribution in [0.4, 0.5) is 5.69 Å². The largest absolute Gasteiger partial charge is 0.489 e. The van der Waals surface area contributed by atoms with Gasteiger partial charge in [0.05, 0.1) is 5.56 Å². The van der Waals surface area contributed by atoms with Crippen molar-refractivity contribution in [2.24, 2.45) is 0 Å². The molecule has 130 valence electrons. The van der Waals surface area contributed by atoms with E-state index in [-0.39, 0.29) is 11.5 Å². The molecule has 3 rings (SSSR count). The molecule has 0 aromatic heterocycles. The van der Waals surface area contributed by atoms with Crippen molar-refractivity contribution in [2.45, 2.75) is 6.61 Å². The van der Waals surface area contributed by atoms with Gasteiger partial charge in [-0.05, 0) is 54.1 Å². The molecule has 0 saturated heterocycles. The van der Waals surface area contributed by atoms with Crippen LogP contribution in [0.1, 0.15) is 26.3 Å². The molecule has 0 bridgehead atoms. The number of carboxylic acids is 1. The number of hydrogen-bond donors (Lipinski definition) is 2. The van der Waals surface area contributed by atoms with Gasteiger partial charge in [-0.3, -0.25) is 4.79 Å². The van der Waals surface area contributed by atoms with E-state index in [1.807, 2.05) is 30.3 Å². The third-order valence-electron chi connectivity index (χ3n) is 3.75. The fourth-order valence-electron chi connectivity index (χ4n) is 2.34. The van der Waals surface area contributed by atoms with Crippen LogP contribution in [-0.4, -0.2) is 17.0 Å². The summed E-state index contributed by atoms with van der Waals surface area (Å²) in [6.07, 6.45) is 0. The van der Waals surface area contributed by atoms with E-state index in [1.54, 1.807) is 36.4 Å². The van der Waals surface area contributed by atoms with Crippen molar-refractivity contribution in [3.8, 4) is 5.75 Å². The molecule has 3 aromatic carbocycles. The van der Waals surface area contributed by atoms with Crippen LogP contribution in [-0.2, 0) is 6.61 Å². The van der Waals surface area contributed by atoms with Gasteiger partial charge in [0, 0.05) is 11.3 Å². The average Bonchev–Trinajstić information content (AvgIpc) is 2.68. The fourth-order valence-corrected chi connectivity index (χ4v) is 2.34. The number of benzene rings is 3. The molecule has 5 heteroatoms. The minimum atomic E-state index is -1.01. The molecule has 5 nitrogen and oxygen atoms in total. The maximum Gasteiger partial charge on any atom is 0.335 e. The second-order valence-corrected chi connectivity index (χ2v) is 5.64. The summed E-state index contributed by atoms with van der Waals surface area (Å²) in [4.78, 5) is 23.1. The number of rotatable bonds is 6. The van der Waals surface area contributed by atoms with Crippen molar-refractivity contribution in [3.05, 3.63) is 95.6 Å². The second kappa shape index (κ2) is 7.98. The van der Waals surface area contributed by atoms with Gasteiger partial charge < -0.3 is 15.2 Å². The second-order valence-electron chi connectivity index (χ2n) is 5.64. The number of aromatic carboxylic acids is 1. The summed E-state index contributed by atoms with van der Waals surface area (Å²) in [6.45, 7) is 0.461. The van der Waals surface area contributed by atoms with Gasteiger partial charge in [-0.25, -0.2) is 4.79 Å². The number of hydrogen-bond acceptors (Lipinski definition) is 3. The van der Waals surface area contributed by atoms with Gasteiger partial charge >= 0.3 is 5.97 Å². The number of ether oxygens (including phenoxy) is 1. The Hall–Kier alpha value is -3.60. The smallest absolute Gasteiger partial charge is 0.335 e. The number of carbonyl (C=O) groups is 2. The van der Waals surface area contributed by atoms with E-state index >= 15 is 0 Å². The Morgan fingerprint density at radius 2 is 1.42 bits per heavy atom. The van der Waals surface area contributed by atoms with E-state index in [0.717, 1.165) is 5.56 Å². The molecule has 1 amide bonds. The monoisotopic (exact) mass is 347 g/mol. The van der Waals surface area contributed by atoms with Crippen LogP contribution in [0.5, 0.6) is 5.75 Å². The van der Waals surface area contributed by atoms with Crippen LogP contribution in [0.15, 0.2) is 78.9 Å². The molecular weight excluding hydrogens is 330 g/mol. The molecule has 0 fully saturated rings. The Morgan fingerprint density at radius 3 is 2.04 bits per heavy atom. The van der Waals surface area contributed by atoms with Crippen molar-refractivity contribution in [2.75, 3.05) is 5.32 Å². The first-order chi connectivity index (χ1) is 12.6. The summed E-state index contributed by atoms with van der Waals surface area (Å²) in [5.74, 6) is -0.604. The van der Waals surface area contributed by atoms with Gasteiger partial charge in [0.25, 0.3) is 5.91 Å². The van der Waals surface area contributed by atoms with Crippen molar-refractivity contribution in [3.63, 3.8) is 0 Å². The molecule has 0 unspecified atom stereocenters. The molecule has 0 aliphatic heterocycles. The third kappa shape index (κ3) is 4.48. The summed E-state index contributed by atoms with van der Waals surface area (Å²) < 4.78 is 5.69. The SMILES string of the molecule is O=C(O)c1ccc(NC(=O)c2ccc(OCc3ccccc3)cc2)cc1. The molecular formula is C21H17NO4. The van der Waals surface area contributed by atoms with Crippen LogP contribution in [0.25, 0.3) is 0 Å². The van der Waals surface area contributed by atoms with Crippen molar-refractivity contribution in [1.82, 2.24) is 0 Å². The van der Waals surface area contributed by atoms with Crippen molar-refractivity contribution < 1.29 is 19.4 Å². The molecule has 3 aromatic rings. The molecule has 26 heavy (non-hydrogen) atoms. The van der Waals surface area contributed by atoms with Gasteiger partial charge in [0.2, 0.25) is 0 Å². The van der Waals surface area contributed by atoms with Crippen LogP contribution < -0.4 is 10.1 Å². The number of anilines is 1. The standard InChI is InChI=1S/C21H17NO4/c23-20(22-18-10-6-17(7-11-18)21(24)25)16-8-12-19(13-9-16)26-14-15-4-2-1-3-5-15/h1-13H,14H2,(H,22,23)(H,24,25). The lowest BCUT2D eigenvalue weighted by molar-refractivity contribution is 0.0696. The highest BCUT2D eigenvalue weighted by atomic mass is 16.5. The van der Waals surface area contributed by atoms with Gasteiger partial charge in [0.1, 0.15) is 12.4 Å². The van der Waals surface area contributed by atoms with E-state index in [2.05, 4.69) is 5.32 Å². The first-order valence-corrected chi connectivity index (χ1v) is 8.03. The zero-order chi connectivity index (χ0) is 18.4. The zero-order valence-electron chi connectivity index (χ0n) is 13.9. The highest BCUT2D eigenvalue weighted by Crippen LogP contribution is 2.16. The lowest BCUT2D eigenvalue weighted by atomic mass is 10.1. The van der Waals surface area contributed by atoms with E-state index in [4.69, 9.17) is 9.84 Å². The Labute approximate surface area is 150 Å². The number of nitrogens with one attached hydrogen (secondary N) is 1. The van der Waals surface area contributed by atoms with Gasteiger partial charge in [-0.2, -0.15) is 0 Å². The van der Waals surface area contributed by atoms with E-state index in [9.17, 15) is 9.59 Å². The highest BCUT2D eigenvalue weighted by Gasteiger charge is 2.08. The Bertz CT molecular complexity index is 888. The lowest BCUT2D eigenvalue weighted by Crippen LogP contribution is -2.12. The fraction of sp³-hybridized carbons (Fsp3) is 0.0476. The molecule has 0 saturated carbocycles. The maximum absolute atomic E-state index is 12.3. The number of carboxylic acid groups (broad SMARTS) is 1. The summed E-state index contributed by atoms with van der Waals surface area (Å²) in [6, 6.07) is 22.7. The van der Waals surface area contributed by atoms with E-state index in [0.29, 0.717) is 23.6 Å². The summed E-state index contributed by atoms with van der Waals surface area (Å²) in [5, 5.41) is 11.6. The Morgan fingerprint density at radius 1 is 0.808 bits per heavy atom. The van der Waals surface area contributed by atoms with Crippen LogP contribution >= 0.6 is 0 Å². The molecule has 0 heterocycles. The highest BCUT2D eigenvalue weighted by molar-refractivity contribution is 6.04. The average molecular weight is 347 g/mol. The van der Waals surface area contributed by atoms with Crippen LogP contribution in [0.3, 0.4) is 0 Å². The topological polar surface area (TPSA) is 75.6 Å². The zero-order valence-corrected chi connectivity index (χ0v) is 13.9. The number of amides is 1. The molecule has 0 atom stereocenters. The maximum atomic E-state index is 12.3. The normalized spacial score (nSPS) is 10.2. The quantitative estimate of drug-likeness (QED) is 0.700. The van der Waals surface area contributed by atoms with Gasteiger partial charge in [-0.15, -0.1) is 0 Å². The lowest BCUT2D eigenvalue weighted by Gasteiger charge is -2.08. The summed E-state index contributed by atoms with van der Waals surface area (Å²) in [7, 11) is 0. The third-order valence-corrected chi connectivity index (χ3v) is 3.75. The molecule has 2 N–H and O–H groups in total. The Kier molecular flexibility index (Phi) is 5.29. The minimum Gasteiger partial charge on any atom is -0.489 e.